The highest BCUT2D eigenvalue weighted by atomic mass is 16.7. The van der Waals surface area contributed by atoms with Crippen molar-refractivity contribution in [3.63, 3.8) is 0 Å². The third-order valence-corrected chi connectivity index (χ3v) is 1.84. The van der Waals surface area contributed by atoms with Crippen molar-refractivity contribution in [1.82, 2.24) is 0 Å². The van der Waals surface area contributed by atoms with Crippen LogP contribution in [0.2, 0.25) is 0 Å². The minimum atomic E-state index is -1.75. The van der Waals surface area contributed by atoms with E-state index in [1.807, 2.05) is 0 Å². The molecule has 1 fully saturated rings. The number of carboxylic acid groups (broad SMARTS) is 1. The largest absolute Gasteiger partial charge is 0.478 e. The second-order valence-corrected chi connectivity index (χ2v) is 3.75. The first-order valence-electron chi connectivity index (χ1n) is 4.63. The van der Waals surface area contributed by atoms with Crippen LogP contribution in [-0.2, 0) is 28.7 Å². The van der Waals surface area contributed by atoms with Crippen LogP contribution < -0.4 is 0 Å². The summed E-state index contributed by atoms with van der Waals surface area (Å²) in [5.41, 5.74) is 0. The third-order valence-electron chi connectivity index (χ3n) is 1.84. The van der Waals surface area contributed by atoms with E-state index in [1.54, 1.807) is 0 Å². The van der Waals surface area contributed by atoms with Gasteiger partial charge in [0.05, 0.1) is 0 Å². The molecule has 1 saturated heterocycles. The fourth-order valence-electron chi connectivity index (χ4n) is 1.20. The Hall–Kier alpha value is -2.18. The first-order chi connectivity index (χ1) is 7.73. The summed E-state index contributed by atoms with van der Waals surface area (Å²) in [5, 5.41) is 8.30. The van der Waals surface area contributed by atoms with Gasteiger partial charge >= 0.3 is 17.9 Å². The molecule has 0 spiro atoms. The second kappa shape index (κ2) is 4.36. The maximum atomic E-state index is 11.4. The van der Waals surface area contributed by atoms with E-state index in [9.17, 15) is 19.2 Å². The predicted molar refractivity (Wildman–Crippen MR) is 51.5 cm³/mol. The van der Waals surface area contributed by atoms with Crippen molar-refractivity contribution in [3.8, 4) is 0 Å². The number of carbonyl (C=O) groups excluding carboxylic acids is 3. The molecule has 0 amide bonds. The summed E-state index contributed by atoms with van der Waals surface area (Å²) in [5.74, 6) is -7.62. The fourth-order valence-corrected chi connectivity index (χ4v) is 1.20. The lowest BCUT2D eigenvalue weighted by Crippen LogP contribution is -2.48. The summed E-state index contributed by atoms with van der Waals surface area (Å²) in [6.45, 7) is 2.69. The molecule has 17 heavy (non-hydrogen) atoms. The average molecular weight is 242 g/mol. The van der Waals surface area contributed by atoms with Crippen molar-refractivity contribution in [3.05, 3.63) is 12.2 Å². The second-order valence-electron chi connectivity index (χ2n) is 3.75. The van der Waals surface area contributed by atoms with E-state index in [2.05, 4.69) is 0 Å². The summed E-state index contributed by atoms with van der Waals surface area (Å²) in [6, 6.07) is 0. The number of carbonyl (C=O) groups is 4. The van der Waals surface area contributed by atoms with Gasteiger partial charge in [0, 0.05) is 19.9 Å². The van der Waals surface area contributed by atoms with Crippen LogP contribution >= 0.6 is 0 Å². The number of ether oxygens (including phenoxy) is 2. The number of cyclic esters (lactones) is 2. The standard InChI is InChI=1S/C10H10O7/c1-10(2)16-8(14)7(9(15)17-10)5(11)3-4-6(12)13/h3-4,7H,1-2H3,(H,12,13). The lowest BCUT2D eigenvalue weighted by atomic mass is 10.0. The first kappa shape index (κ1) is 12.9. The Kier molecular flexibility index (Phi) is 3.31. The fraction of sp³-hybridized carbons (Fsp3) is 0.400. The predicted octanol–water partition coefficient (Wildman–Crippen LogP) is -0.351. The van der Waals surface area contributed by atoms with Crippen LogP contribution in [-0.4, -0.2) is 34.6 Å². The van der Waals surface area contributed by atoms with Gasteiger partial charge in [-0.2, -0.15) is 0 Å². The molecule has 0 bridgehead atoms. The molecule has 7 heteroatoms. The van der Waals surface area contributed by atoms with Gasteiger partial charge in [-0.15, -0.1) is 0 Å². The third kappa shape index (κ3) is 3.13. The Morgan fingerprint density at radius 3 is 2.06 bits per heavy atom. The van der Waals surface area contributed by atoms with Crippen LogP contribution in [0.25, 0.3) is 0 Å². The molecule has 1 aliphatic heterocycles. The number of ketones is 1. The Morgan fingerprint density at radius 1 is 1.18 bits per heavy atom. The topological polar surface area (TPSA) is 107 Å². The Labute approximate surface area is 96.0 Å². The zero-order valence-electron chi connectivity index (χ0n) is 9.13. The highest BCUT2D eigenvalue weighted by Crippen LogP contribution is 2.23. The van der Waals surface area contributed by atoms with Gasteiger partial charge in [0.1, 0.15) is 0 Å². The van der Waals surface area contributed by atoms with Crippen LogP contribution in [0.1, 0.15) is 13.8 Å². The molecule has 0 atom stereocenters. The van der Waals surface area contributed by atoms with Crippen molar-refractivity contribution < 1.29 is 33.8 Å². The molecule has 1 heterocycles. The number of rotatable bonds is 3. The molecular formula is C10H10O7. The van der Waals surface area contributed by atoms with Crippen molar-refractivity contribution >= 4 is 23.7 Å². The minimum Gasteiger partial charge on any atom is -0.478 e. The molecule has 1 rings (SSSR count). The van der Waals surface area contributed by atoms with E-state index in [4.69, 9.17) is 14.6 Å². The summed E-state index contributed by atoms with van der Waals surface area (Å²) < 4.78 is 9.40. The molecule has 0 aromatic heterocycles. The maximum Gasteiger partial charge on any atom is 0.331 e. The molecule has 7 nitrogen and oxygen atoms in total. The highest BCUT2D eigenvalue weighted by Gasteiger charge is 2.46. The minimum absolute atomic E-state index is 0.530. The zero-order chi connectivity index (χ0) is 13.2. The van der Waals surface area contributed by atoms with Crippen LogP contribution in [0.4, 0.5) is 0 Å². The quantitative estimate of drug-likeness (QED) is 0.409. The molecule has 0 unspecified atom stereocenters. The molecule has 1 aliphatic rings. The van der Waals surface area contributed by atoms with Crippen LogP contribution in [0.15, 0.2) is 12.2 Å². The number of carboxylic acids is 1. The van der Waals surface area contributed by atoms with E-state index in [0.29, 0.717) is 12.2 Å². The molecule has 1 N–H and O–H groups in total. The molecule has 92 valence electrons. The zero-order valence-corrected chi connectivity index (χ0v) is 9.13. The number of allylic oxidation sites excluding steroid dienone is 1. The number of hydrogen-bond donors (Lipinski definition) is 1. The van der Waals surface area contributed by atoms with E-state index in [-0.39, 0.29) is 0 Å². The summed E-state index contributed by atoms with van der Waals surface area (Å²) in [7, 11) is 0. The van der Waals surface area contributed by atoms with Crippen molar-refractivity contribution in [2.75, 3.05) is 0 Å². The Bertz CT molecular complexity index is 398. The molecule has 0 aliphatic carbocycles. The molecule has 0 saturated carbocycles. The lowest BCUT2D eigenvalue weighted by molar-refractivity contribution is -0.238. The summed E-state index contributed by atoms with van der Waals surface area (Å²) in [4.78, 5) is 44.3. The highest BCUT2D eigenvalue weighted by molar-refractivity contribution is 6.20. The van der Waals surface area contributed by atoms with Crippen LogP contribution in [0.5, 0.6) is 0 Å². The monoisotopic (exact) mass is 242 g/mol. The van der Waals surface area contributed by atoms with Gasteiger partial charge in [0.2, 0.25) is 5.92 Å². The van der Waals surface area contributed by atoms with Crippen molar-refractivity contribution in [2.24, 2.45) is 5.92 Å². The first-order valence-corrected chi connectivity index (χ1v) is 4.63. The average Bonchev–Trinajstić information content (AvgIpc) is 2.11. The summed E-state index contributed by atoms with van der Waals surface area (Å²) in [6.07, 6.45) is 1.15. The molecule has 0 radical (unpaired) electrons. The van der Waals surface area contributed by atoms with Crippen LogP contribution in [0, 0.1) is 5.92 Å². The SMILES string of the molecule is CC1(C)OC(=O)C(C(=O)C=CC(=O)O)C(=O)O1. The number of esters is 2. The Morgan fingerprint density at radius 2 is 1.65 bits per heavy atom. The number of aliphatic carboxylic acids is 1. The smallest absolute Gasteiger partial charge is 0.331 e. The normalized spacial score (nSPS) is 19.9. The molecular weight excluding hydrogens is 232 g/mol. The summed E-state index contributed by atoms with van der Waals surface area (Å²) >= 11 is 0. The van der Waals surface area contributed by atoms with Gasteiger partial charge in [-0.3, -0.25) is 14.4 Å². The van der Waals surface area contributed by atoms with Gasteiger partial charge in [-0.1, -0.05) is 0 Å². The van der Waals surface area contributed by atoms with E-state index in [0.717, 1.165) is 0 Å². The van der Waals surface area contributed by atoms with Gasteiger partial charge in [-0.05, 0) is 6.08 Å². The van der Waals surface area contributed by atoms with Gasteiger partial charge in [0.15, 0.2) is 5.78 Å². The molecule has 0 aromatic carbocycles. The van der Waals surface area contributed by atoms with Crippen molar-refractivity contribution in [1.29, 1.82) is 0 Å². The lowest BCUT2D eigenvalue weighted by Gasteiger charge is -2.31. The van der Waals surface area contributed by atoms with Crippen molar-refractivity contribution in [2.45, 2.75) is 19.6 Å². The Balaban J connectivity index is 2.85. The van der Waals surface area contributed by atoms with Gasteiger partial charge in [0.25, 0.3) is 5.79 Å². The maximum absolute atomic E-state index is 11.4. The number of hydrogen-bond acceptors (Lipinski definition) is 6. The van der Waals surface area contributed by atoms with Crippen LogP contribution in [0.3, 0.4) is 0 Å². The van der Waals surface area contributed by atoms with E-state index in [1.165, 1.54) is 13.8 Å². The van der Waals surface area contributed by atoms with Gasteiger partial charge in [-0.25, -0.2) is 4.79 Å². The van der Waals surface area contributed by atoms with E-state index >= 15 is 0 Å². The molecule has 0 aromatic rings. The van der Waals surface area contributed by atoms with Gasteiger partial charge < -0.3 is 14.6 Å². The van der Waals surface area contributed by atoms with E-state index < -0.39 is 35.4 Å².